The van der Waals surface area contributed by atoms with Crippen molar-refractivity contribution in [1.82, 2.24) is 29.4 Å². The van der Waals surface area contributed by atoms with Crippen LogP contribution in [0.1, 0.15) is 21.7 Å². The molecule has 176 valence electrons. The molecular formula is C24H27N7O3. The minimum absolute atomic E-state index is 0.210. The number of carbonyl (C=O) groups excluding carboxylic acids is 1. The first kappa shape index (κ1) is 22.1. The van der Waals surface area contributed by atoms with E-state index in [0.717, 1.165) is 55.0 Å². The number of H-pyrrole nitrogens is 1. The van der Waals surface area contributed by atoms with Gasteiger partial charge in [0.1, 0.15) is 18.6 Å². The highest BCUT2D eigenvalue weighted by Gasteiger charge is 2.16. The van der Waals surface area contributed by atoms with Gasteiger partial charge in [-0.15, -0.1) is 0 Å². The Balaban J connectivity index is 1.36. The van der Waals surface area contributed by atoms with E-state index < -0.39 is 0 Å². The zero-order valence-electron chi connectivity index (χ0n) is 19.2. The lowest BCUT2D eigenvalue weighted by Gasteiger charge is -2.26. The number of benzene rings is 1. The number of anilines is 1. The average molecular weight is 462 g/mol. The van der Waals surface area contributed by atoms with E-state index in [9.17, 15) is 4.79 Å². The molecule has 0 radical (unpaired) electrons. The van der Waals surface area contributed by atoms with Gasteiger partial charge >= 0.3 is 0 Å². The minimum atomic E-state index is -0.342. The van der Waals surface area contributed by atoms with Gasteiger partial charge in [-0.1, -0.05) is 0 Å². The van der Waals surface area contributed by atoms with E-state index in [1.807, 2.05) is 25.1 Å². The summed E-state index contributed by atoms with van der Waals surface area (Å²) in [4.78, 5) is 31.7. The van der Waals surface area contributed by atoms with Crippen LogP contribution in [0.15, 0.2) is 43.0 Å². The fourth-order valence-corrected chi connectivity index (χ4v) is 3.93. The van der Waals surface area contributed by atoms with E-state index in [0.29, 0.717) is 24.1 Å². The fourth-order valence-electron chi connectivity index (χ4n) is 3.93. The van der Waals surface area contributed by atoms with Crippen molar-refractivity contribution in [2.45, 2.75) is 13.8 Å². The van der Waals surface area contributed by atoms with Crippen LogP contribution in [0.2, 0.25) is 0 Å². The molecule has 3 aromatic heterocycles. The molecule has 0 bridgehead atoms. The van der Waals surface area contributed by atoms with Gasteiger partial charge < -0.3 is 19.8 Å². The number of ether oxygens (including phenoxy) is 2. The summed E-state index contributed by atoms with van der Waals surface area (Å²) in [6, 6.07) is 7.36. The maximum absolute atomic E-state index is 13.1. The lowest BCUT2D eigenvalue weighted by Crippen LogP contribution is -2.38. The molecule has 1 aromatic carbocycles. The van der Waals surface area contributed by atoms with E-state index >= 15 is 0 Å². The van der Waals surface area contributed by atoms with Crippen LogP contribution in [-0.4, -0.2) is 74.8 Å². The van der Waals surface area contributed by atoms with Crippen LogP contribution < -0.4 is 10.1 Å². The second kappa shape index (κ2) is 9.62. The van der Waals surface area contributed by atoms with Gasteiger partial charge in [0.05, 0.1) is 13.2 Å². The molecule has 1 amide bonds. The third-order valence-corrected chi connectivity index (χ3v) is 5.99. The molecular weight excluding hydrogens is 434 g/mol. The van der Waals surface area contributed by atoms with Gasteiger partial charge in [-0.3, -0.25) is 14.3 Å². The van der Waals surface area contributed by atoms with Gasteiger partial charge in [0.25, 0.3) is 5.91 Å². The van der Waals surface area contributed by atoms with Crippen molar-refractivity contribution in [1.29, 1.82) is 0 Å². The molecule has 0 atom stereocenters. The van der Waals surface area contributed by atoms with Crippen LogP contribution in [0.25, 0.3) is 16.9 Å². The summed E-state index contributed by atoms with van der Waals surface area (Å²) in [5.41, 5.74) is 4.21. The van der Waals surface area contributed by atoms with Gasteiger partial charge in [0.2, 0.25) is 11.8 Å². The predicted octanol–water partition coefficient (Wildman–Crippen LogP) is 2.72. The molecule has 1 aliphatic rings. The number of hydrogen-bond donors (Lipinski definition) is 2. The van der Waals surface area contributed by atoms with Crippen molar-refractivity contribution in [3.05, 3.63) is 59.9 Å². The number of aromatic amines is 1. The number of nitrogens with zero attached hydrogens (tertiary/aromatic N) is 5. The molecule has 4 heterocycles. The maximum atomic E-state index is 13.1. The molecule has 0 saturated carbocycles. The van der Waals surface area contributed by atoms with Crippen molar-refractivity contribution in [3.8, 4) is 11.8 Å². The standard InChI is InChI=1S/C24H27N7O3/c1-16-17(2)26-20-4-3-18(13-19(16)20)27-23(32)21-14-22(29-24(28-21)31-6-5-25-15-31)34-12-9-30-7-10-33-11-8-30/h3-6,13-15,26H,7-12H2,1-2H3,(H,27,32). The van der Waals surface area contributed by atoms with Crippen LogP contribution in [0, 0.1) is 13.8 Å². The number of hydrogen-bond acceptors (Lipinski definition) is 7. The molecule has 2 N–H and O–H groups in total. The Kier molecular flexibility index (Phi) is 6.24. The van der Waals surface area contributed by atoms with Crippen molar-refractivity contribution in [3.63, 3.8) is 0 Å². The third kappa shape index (κ3) is 4.78. The number of amides is 1. The van der Waals surface area contributed by atoms with Gasteiger partial charge in [0.15, 0.2) is 0 Å². The Hall–Kier alpha value is -3.76. The van der Waals surface area contributed by atoms with E-state index in [1.54, 1.807) is 29.4 Å². The maximum Gasteiger partial charge on any atom is 0.274 e. The summed E-state index contributed by atoms with van der Waals surface area (Å²) in [6.45, 7) is 8.52. The average Bonchev–Trinajstić information content (AvgIpc) is 3.49. The first-order valence-corrected chi connectivity index (χ1v) is 11.3. The molecule has 34 heavy (non-hydrogen) atoms. The largest absolute Gasteiger partial charge is 0.476 e. The molecule has 0 spiro atoms. The molecule has 1 fully saturated rings. The van der Waals surface area contributed by atoms with Crippen molar-refractivity contribution >= 4 is 22.5 Å². The van der Waals surface area contributed by atoms with Crippen LogP contribution in [0.3, 0.4) is 0 Å². The lowest BCUT2D eigenvalue weighted by molar-refractivity contribution is 0.0320. The van der Waals surface area contributed by atoms with Crippen LogP contribution in [0.4, 0.5) is 5.69 Å². The monoisotopic (exact) mass is 461 g/mol. The quantitative estimate of drug-likeness (QED) is 0.435. The summed E-state index contributed by atoms with van der Waals surface area (Å²) < 4.78 is 12.9. The van der Waals surface area contributed by atoms with Crippen molar-refractivity contribution < 1.29 is 14.3 Å². The number of fused-ring (bicyclic) bond motifs is 1. The Bertz CT molecular complexity index is 1290. The van der Waals surface area contributed by atoms with Crippen LogP contribution in [-0.2, 0) is 4.74 Å². The minimum Gasteiger partial charge on any atom is -0.476 e. The molecule has 5 rings (SSSR count). The number of rotatable bonds is 7. The summed E-state index contributed by atoms with van der Waals surface area (Å²) in [5, 5.41) is 4.02. The summed E-state index contributed by atoms with van der Waals surface area (Å²) in [7, 11) is 0. The summed E-state index contributed by atoms with van der Waals surface area (Å²) in [6.07, 6.45) is 4.93. The van der Waals surface area contributed by atoms with E-state index in [-0.39, 0.29) is 11.6 Å². The molecule has 10 nitrogen and oxygen atoms in total. The number of aryl methyl sites for hydroxylation is 2. The Labute approximate surface area is 196 Å². The number of nitrogens with one attached hydrogen (secondary N) is 2. The molecule has 4 aromatic rings. The normalized spacial score (nSPS) is 14.4. The Morgan fingerprint density at radius 1 is 1.21 bits per heavy atom. The number of morpholine rings is 1. The first-order chi connectivity index (χ1) is 16.6. The molecule has 1 aliphatic heterocycles. The summed E-state index contributed by atoms with van der Waals surface area (Å²) in [5.74, 6) is 0.315. The second-order valence-electron chi connectivity index (χ2n) is 8.25. The van der Waals surface area contributed by atoms with Crippen molar-refractivity contribution in [2.75, 3.05) is 44.8 Å². The fraction of sp³-hybridized carbons (Fsp3) is 0.333. The topological polar surface area (TPSA) is 110 Å². The van der Waals surface area contributed by atoms with Gasteiger partial charge in [-0.2, -0.15) is 4.98 Å². The van der Waals surface area contributed by atoms with Gasteiger partial charge in [0, 0.05) is 60.4 Å². The van der Waals surface area contributed by atoms with E-state index in [2.05, 4.69) is 37.1 Å². The van der Waals surface area contributed by atoms with E-state index in [1.165, 1.54) is 0 Å². The smallest absolute Gasteiger partial charge is 0.274 e. The number of carbonyl (C=O) groups is 1. The second-order valence-corrected chi connectivity index (χ2v) is 8.25. The number of imidazole rings is 1. The summed E-state index contributed by atoms with van der Waals surface area (Å²) >= 11 is 0. The highest BCUT2D eigenvalue weighted by atomic mass is 16.5. The van der Waals surface area contributed by atoms with Crippen LogP contribution in [0.5, 0.6) is 5.88 Å². The predicted molar refractivity (Wildman–Crippen MR) is 128 cm³/mol. The number of aromatic nitrogens is 5. The van der Waals surface area contributed by atoms with Gasteiger partial charge in [-0.05, 0) is 37.6 Å². The highest BCUT2D eigenvalue weighted by molar-refractivity contribution is 6.04. The SMILES string of the molecule is Cc1[nH]c2ccc(NC(=O)c3cc(OCCN4CCOCC4)nc(-n4ccnc4)n3)cc2c1C. The Morgan fingerprint density at radius 2 is 2.06 bits per heavy atom. The molecule has 1 saturated heterocycles. The zero-order valence-corrected chi connectivity index (χ0v) is 19.2. The van der Waals surface area contributed by atoms with Crippen molar-refractivity contribution in [2.24, 2.45) is 0 Å². The lowest BCUT2D eigenvalue weighted by atomic mass is 10.1. The molecule has 0 aliphatic carbocycles. The zero-order chi connectivity index (χ0) is 23.5. The van der Waals surface area contributed by atoms with Gasteiger partial charge in [-0.25, -0.2) is 9.97 Å². The highest BCUT2D eigenvalue weighted by Crippen LogP contribution is 2.25. The Morgan fingerprint density at radius 3 is 2.85 bits per heavy atom. The van der Waals surface area contributed by atoms with Crippen LogP contribution >= 0.6 is 0 Å². The first-order valence-electron chi connectivity index (χ1n) is 11.3. The third-order valence-electron chi connectivity index (χ3n) is 5.99. The van der Waals surface area contributed by atoms with E-state index in [4.69, 9.17) is 9.47 Å². The molecule has 10 heteroatoms. The molecule has 0 unspecified atom stereocenters.